The Balaban J connectivity index is 2.27. The lowest BCUT2D eigenvalue weighted by atomic mass is 10.1. The second-order valence-corrected chi connectivity index (χ2v) is 4.24. The van der Waals surface area contributed by atoms with Crippen LogP contribution in [0.4, 0.5) is 0 Å². The number of benzene rings is 1. The number of ether oxygens (including phenoxy) is 1. The summed E-state index contributed by atoms with van der Waals surface area (Å²) in [6.45, 7) is 2.02. The van der Waals surface area contributed by atoms with E-state index in [0.29, 0.717) is 12.8 Å². The fourth-order valence-corrected chi connectivity index (χ4v) is 1.50. The van der Waals surface area contributed by atoms with Crippen molar-refractivity contribution in [3.05, 3.63) is 58.3 Å². The number of nitro groups is 1. The average molecular weight is 263 g/mol. The Morgan fingerprint density at radius 2 is 2.11 bits per heavy atom. The van der Waals surface area contributed by atoms with Gasteiger partial charge < -0.3 is 4.74 Å². The summed E-state index contributed by atoms with van der Waals surface area (Å²) < 4.78 is 5.17. The van der Waals surface area contributed by atoms with E-state index in [-0.39, 0.29) is 18.5 Å². The number of allylic oxidation sites excluding steroid dienone is 1. The fourth-order valence-electron chi connectivity index (χ4n) is 1.50. The third-order valence-corrected chi connectivity index (χ3v) is 2.62. The molecule has 0 N–H and O–H groups in total. The van der Waals surface area contributed by atoms with E-state index < -0.39 is 4.92 Å². The topological polar surface area (TPSA) is 69.4 Å². The maximum Gasteiger partial charge on any atom is 0.308 e. The molecule has 0 aliphatic heterocycles. The van der Waals surface area contributed by atoms with E-state index in [9.17, 15) is 14.9 Å². The Kier molecular flexibility index (Phi) is 6.29. The van der Waals surface area contributed by atoms with Crippen LogP contribution in [0, 0.1) is 16.0 Å². The summed E-state index contributed by atoms with van der Waals surface area (Å²) in [5.74, 6) is -0.543. The van der Waals surface area contributed by atoms with Crippen LogP contribution in [0.3, 0.4) is 0 Å². The van der Waals surface area contributed by atoms with Crippen LogP contribution in [0.25, 0.3) is 0 Å². The van der Waals surface area contributed by atoms with Crippen LogP contribution in [0.5, 0.6) is 0 Å². The van der Waals surface area contributed by atoms with Crippen molar-refractivity contribution in [2.24, 2.45) is 5.92 Å². The SMILES string of the molecule is C[C@H](CC/C=C/[N+](=O)[O-])C(=O)OCc1ccccc1. The molecule has 0 heterocycles. The van der Waals surface area contributed by atoms with Gasteiger partial charge in [-0.15, -0.1) is 0 Å². The van der Waals surface area contributed by atoms with Gasteiger partial charge >= 0.3 is 5.97 Å². The molecule has 5 heteroatoms. The summed E-state index contributed by atoms with van der Waals surface area (Å²) in [7, 11) is 0. The van der Waals surface area contributed by atoms with Crippen LogP contribution in [-0.2, 0) is 16.1 Å². The van der Waals surface area contributed by atoms with Gasteiger partial charge in [-0.05, 0) is 24.5 Å². The van der Waals surface area contributed by atoms with E-state index in [1.807, 2.05) is 30.3 Å². The molecule has 0 bridgehead atoms. The lowest BCUT2D eigenvalue weighted by Gasteiger charge is -2.10. The summed E-state index contributed by atoms with van der Waals surface area (Å²) in [4.78, 5) is 21.2. The van der Waals surface area contributed by atoms with Crippen molar-refractivity contribution >= 4 is 5.97 Å². The Labute approximate surface area is 112 Å². The summed E-state index contributed by atoms with van der Waals surface area (Å²) in [5, 5.41) is 10.1. The number of rotatable bonds is 7. The molecule has 0 aromatic heterocycles. The van der Waals surface area contributed by atoms with Gasteiger partial charge in [0.2, 0.25) is 6.20 Å². The number of hydrogen-bond acceptors (Lipinski definition) is 4. The second kappa shape index (κ2) is 8.02. The van der Waals surface area contributed by atoms with E-state index >= 15 is 0 Å². The zero-order valence-corrected chi connectivity index (χ0v) is 10.8. The van der Waals surface area contributed by atoms with Crippen LogP contribution in [0.2, 0.25) is 0 Å². The minimum absolute atomic E-state index is 0.259. The molecule has 1 atom stereocenters. The number of nitrogens with zero attached hydrogens (tertiary/aromatic N) is 1. The van der Waals surface area contributed by atoms with Crippen molar-refractivity contribution in [3.63, 3.8) is 0 Å². The van der Waals surface area contributed by atoms with E-state index in [2.05, 4.69) is 0 Å². The summed E-state index contributed by atoms with van der Waals surface area (Å²) >= 11 is 0. The predicted octanol–water partition coefficient (Wildman–Crippen LogP) is 2.94. The lowest BCUT2D eigenvalue weighted by Crippen LogP contribution is -2.14. The highest BCUT2D eigenvalue weighted by Crippen LogP contribution is 2.10. The standard InChI is InChI=1S/C14H17NO4/c1-12(7-5-6-10-15(17)18)14(16)19-11-13-8-3-2-4-9-13/h2-4,6,8-10,12H,5,7,11H2,1H3/b10-6+/t12-/m1/s1. The summed E-state index contributed by atoms with van der Waals surface area (Å²) in [5.41, 5.74) is 0.941. The first-order chi connectivity index (χ1) is 9.09. The van der Waals surface area contributed by atoms with Crippen molar-refractivity contribution in [3.8, 4) is 0 Å². The summed E-state index contributed by atoms with van der Waals surface area (Å²) in [6, 6.07) is 9.44. The van der Waals surface area contributed by atoms with Crippen molar-refractivity contribution in [2.75, 3.05) is 0 Å². The maximum absolute atomic E-state index is 11.7. The largest absolute Gasteiger partial charge is 0.461 e. The minimum atomic E-state index is -0.515. The zero-order chi connectivity index (χ0) is 14.1. The normalized spacial score (nSPS) is 12.3. The third-order valence-electron chi connectivity index (χ3n) is 2.62. The van der Waals surface area contributed by atoms with Gasteiger partial charge in [0, 0.05) is 0 Å². The molecule has 0 radical (unpaired) electrons. The van der Waals surface area contributed by atoms with Crippen molar-refractivity contribution in [1.82, 2.24) is 0 Å². The third kappa shape index (κ3) is 6.35. The molecule has 0 spiro atoms. The van der Waals surface area contributed by atoms with Crippen LogP contribution in [0.15, 0.2) is 42.6 Å². The molecule has 0 aliphatic rings. The molecule has 0 saturated carbocycles. The quantitative estimate of drug-likeness (QED) is 0.431. The molecular weight excluding hydrogens is 246 g/mol. The van der Waals surface area contributed by atoms with Crippen molar-refractivity contribution in [1.29, 1.82) is 0 Å². The van der Waals surface area contributed by atoms with Gasteiger partial charge in [-0.2, -0.15) is 0 Å². The first kappa shape index (κ1) is 14.9. The predicted molar refractivity (Wildman–Crippen MR) is 70.8 cm³/mol. The van der Waals surface area contributed by atoms with Gasteiger partial charge in [0.25, 0.3) is 0 Å². The molecular formula is C14H17NO4. The number of carbonyl (C=O) groups is 1. The number of esters is 1. The molecule has 0 aliphatic carbocycles. The summed E-state index contributed by atoms with van der Waals surface area (Å²) in [6.07, 6.45) is 3.36. The van der Waals surface area contributed by atoms with Gasteiger partial charge in [-0.25, -0.2) is 0 Å². The zero-order valence-electron chi connectivity index (χ0n) is 10.8. The fraction of sp³-hybridized carbons (Fsp3) is 0.357. The van der Waals surface area contributed by atoms with Gasteiger partial charge in [0.05, 0.1) is 10.8 Å². The molecule has 1 aromatic rings. The first-order valence-corrected chi connectivity index (χ1v) is 6.10. The van der Waals surface area contributed by atoms with Gasteiger partial charge in [-0.3, -0.25) is 14.9 Å². The molecule has 1 rings (SSSR count). The Bertz CT molecular complexity index is 442. The van der Waals surface area contributed by atoms with Crippen molar-refractivity contribution in [2.45, 2.75) is 26.4 Å². The maximum atomic E-state index is 11.7. The second-order valence-electron chi connectivity index (χ2n) is 4.24. The van der Waals surface area contributed by atoms with Crippen LogP contribution < -0.4 is 0 Å². The van der Waals surface area contributed by atoms with E-state index in [1.54, 1.807) is 6.92 Å². The Hall–Kier alpha value is -2.17. The minimum Gasteiger partial charge on any atom is -0.461 e. The lowest BCUT2D eigenvalue weighted by molar-refractivity contribution is -0.402. The van der Waals surface area contributed by atoms with Crippen molar-refractivity contribution < 1.29 is 14.5 Å². The highest BCUT2D eigenvalue weighted by molar-refractivity contribution is 5.71. The molecule has 19 heavy (non-hydrogen) atoms. The van der Waals surface area contributed by atoms with Gasteiger partial charge in [0.1, 0.15) is 6.61 Å². The molecule has 0 unspecified atom stereocenters. The van der Waals surface area contributed by atoms with Crippen LogP contribution >= 0.6 is 0 Å². The van der Waals surface area contributed by atoms with Crippen LogP contribution in [0.1, 0.15) is 25.3 Å². The van der Waals surface area contributed by atoms with E-state index in [0.717, 1.165) is 11.8 Å². The van der Waals surface area contributed by atoms with E-state index in [4.69, 9.17) is 4.74 Å². The highest BCUT2D eigenvalue weighted by Gasteiger charge is 2.13. The molecule has 1 aromatic carbocycles. The first-order valence-electron chi connectivity index (χ1n) is 6.10. The van der Waals surface area contributed by atoms with Gasteiger partial charge in [0.15, 0.2) is 0 Å². The number of carbonyl (C=O) groups excluding carboxylic acids is 1. The monoisotopic (exact) mass is 263 g/mol. The van der Waals surface area contributed by atoms with E-state index in [1.165, 1.54) is 6.08 Å². The Morgan fingerprint density at radius 3 is 2.74 bits per heavy atom. The number of hydrogen-bond donors (Lipinski definition) is 0. The molecule has 0 amide bonds. The Morgan fingerprint density at radius 1 is 1.42 bits per heavy atom. The average Bonchev–Trinajstić information content (AvgIpc) is 2.41. The smallest absolute Gasteiger partial charge is 0.308 e. The molecule has 5 nitrogen and oxygen atoms in total. The highest BCUT2D eigenvalue weighted by atomic mass is 16.6. The van der Waals surface area contributed by atoms with Gasteiger partial charge in [-0.1, -0.05) is 37.3 Å². The molecule has 0 fully saturated rings. The molecule has 102 valence electrons. The molecule has 0 saturated heterocycles. The van der Waals surface area contributed by atoms with Crippen LogP contribution in [-0.4, -0.2) is 10.9 Å².